The maximum absolute atomic E-state index is 11.8. The fourth-order valence-corrected chi connectivity index (χ4v) is 3.24. The van der Waals surface area contributed by atoms with Gasteiger partial charge in [0.25, 0.3) is 11.9 Å². The summed E-state index contributed by atoms with van der Waals surface area (Å²) in [4.78, 5) is 20.3. The van der Waals surface area contributed by atoms with E-state index in [1.165, 1.54) is 6.20 Å². The summed E-state index contributed by atoms with van der Waals surface area (Å²) in [5.41, 5.74) is 2.32. The predicted molar refractivity (Wildman–Crippen MR) is 128 cm³/mol. The highest BCUT2D eigenvalue weighted by Gasteiger charge is 2.10. The van der Waals surface area contributed by atoms with E-state index in [0.717, 1.165) is 17.2 Å². The summed E-state index contributed by atoms with van der Waals surface area (Å²) < 4.78 is 17.5. The molecular weight excluding hydrogens is 432 g/mol. The summed E-state index contributed by atoms with van der Waals surface area (Å²) in [5.74, 6) is 2.27. The summed E-state index contributed by atoms with van der Waals surface area (Å²) in [6.45, 7) is 0. The van der Waals surface area contributed by atoms with Crippen molar-refractivity contribution in [1.82, 2.24) is 15.3 Å². The lowest BCUT2D eigenvalue weighted by Crippen LogP contribution is -2.18. The first-order valence-electron chi connectivity index (χ1n) is 10.5. The standard InChI is InChI=1S/C26H20N4O4/c1-27-25(31)23-16-21(13-14-28-23)33-20-11-12-24-22(15-20)30-26(34-24)29-17-7-9-19(10-8-17)32-18-5-3-2-4-6-18/h2-16H,1H3,(H,27,31)(H,29,30). The number of oxazole rings is 1. The summed E-state index contributed by atoms with van der Waals surface area (Å²) in [6, 6.07) is 26.0. The van der Waals surface area contributed by atoms with Gasteiger partial charge in [-0.3, -0.25) is 9.78 Å². The molecule has 168 valence electrons. The molecular formula is C26H20N4O4. The monoisotopic (exact) mass is 452 g/mol. The number of fused-ring (bicyclic) bond motifs is 1. The molecule has 0 fully saturated rings. The largest absolute Gasteiger partial charge is 0.457 e. The van der Waals surface area contributed by atoms with Crippen molar-refractivity contribution in [2.75, 3.05) is 12.4 Å². The van der Waals surface area contributed by atoms with Crippen molar-refractivity contribution in [3.63, 3.8) is 0 Å². The van der Waals surface area contributed by atoms with Crippen LogP contribution in [0.1, 0.15) is 10.5 Å². The molecule has 2 heterocycles. The van der Waals surface area contributed by atoms with E-state index in [2.05, 4.69) is 20.6 Å². The van der Waals surface area contributed by atoms with Gasteiger partial charge in [0.2, 0.25) is 0 Å². The van der Waals surface area contributed by atoms with Crippen LogP contribution in [-0.4, -0.2) is 22.9 Å². The third kappa shape index (κ3) is 4.81. The maximum Gasteiger partial charge on any atom is 0.300 e. The van der Waals surface area contributed by atoms with Crippen LogP contribution in [-0.2, 0) is 0 Å². The molecule has 0 radical (unpaired) electrons. The topological polar surface area (TPSA) is 98.5 Å². The fraction of sp³-hybridized carbons (Fsp3) is 0.0385. The summed E-state index contributed by atoms with van der Waals surface area (Å²) in [6.07, 6.45) is 1.52. The molecule has 0 spiro atoms. The lowest BCUT2D eigenvalue weighted by Gasteiger charge is -2.06. The van der Waals surface area contributed by atoms with Crippen molar-refractivity contribution < 1.29 is 18.7 Å². The van der Waals surface area contributed by atoms with Crippen LogP contribution in [0.15, 0.2) is 95.5 Å². The number of hydrogen-bond donors (Lipinski definition) is 2. The second-order valence-corrected chi connectivity index (χ2v) is 7.27. The number of nitrogens with one attached hydrogen (secondary N) is 2. The van der Waals surface area contributed by atoms with Crippen LogP contribution in [0, 0.1) is 0 Å². The average Bonchev–Trinajstić information content (AvgIpc) is 3.27. The normalized spacial score (nSPS) is 10.6. The van der Waals surface area contributed by atoms with Gasteiger partial charge in [0, 0.05) is 31.1 Å². The van der Waals surface area contributed by atoms with E-state index < -0.39 is 0 Å². The minimum atomic E-state index is -0.284. The summed E-state index contributed by atoms with van der Waals surface area (Å²) in [5, 5.41) is 5.69. The number of ether oxygens (including phenoxy) is 2. The molecule has 0 aliphatic rings. The molecule has 1 amide bonds. The van der Waals surface area contributed by atoms with Crippen LogP contribution in [0.2, 0.25) is 0 Å². The number of benzene rings is 3. The van der Waals surface area contributed by atoms with Gasteiger partial charge in [0.05, 0.1) is 0 Å². The molecule has 34 heavy (non-hydrogen) atoms. The molecule has 0 saturated carbocycles. The number of carbonyl (C=O) groups is 1. The zero-order valence-corrected chi connectivity index (χ0v) is 18.2. The van der Waals surface area contributed by atoms with E-state index in [4.69, 9.17) is 13.9 Å². The second-order valence-electron chi connectivity index (χ2n) is 7.27. The first-order chi connectivity index (χ1) is 16.7. The summed E-state index contributed by atoms with van der Waals surface area (Å²) in [7, 11) is 1.55. The Bertz CT molecular complexity index is 1430. The van der Waals surface area contributed by atoms with Crippen LogP contribution in [0.25, 0.3) is 11.1 Å². The lowest BCUT2D eigenvalue weighted by atomic mass is 10.3. The quantitative estimate of drug-likeness (QED) is 0.317. The first-order valence-corrected chi connectivity index (χ1v) is 10.5. The van der Waals surface area contributed by atoms with E-state index in [9.17, 15) is 4.79 Å². The van der Waals surface area contributed by atoms with E-state index in [1.807, 2.05) is 54.6 Å². The molecule has 5 rings (SSSR count). The molecule has 8 heteroatoms. The van der Waals surface area contributed by atoms with Gasteiger partial charge in [0.15, 0.2) is 5.58 Å². The molecule has 0 aliphatic heterocycles. The lowest BCUT2D eigenvalue weighted by molar-refractivity contribution is 0.0958. The molecule has 0 saturated heterocycles. The van der Waals surface area contributed by atoms with Crippen LogP contribution in [0.3, 0.4) is 0 Å². The van der Waals surface area contributed by atoms with Crippen molar-refractivity contribution in [3.05, 3.63) is 96.8 Å². The van der Waals surface area contributed by atoms with E-state index in [0.29, 0.717) is 28.6 Å². The number of hydrogen-bond acceptors (Lipinski definition) is 7. The van der Waals surface area contributed by atoms with Gasteiger partial charge in [-0.25, -0.2) is 0 Å². The number of aromatic nitrogens is 2. The van der Waals surface area contributed by atoms with Crippen molar-refractivity contribution >= 4 is 28.7 Å². The molecule has 5 aromatic rings. The van der Waals surface area contributed by atoms with Gasteiger partial charge >= 0.3 is 0 Å². The van der Waals surface area contributed by atoms with Gasteiger partial charge in [-0.2, -0.15) is 4.98 Å². The van der Waals surface area contributed by atoms with Crippen LogP contribution < -0.4 is 20.1 Å². The smallest absolute Gasteiger partial charge is 0.300 e. The Morgan fingerprint density at radius 1 is 0.824 bits per heavy atom. The third-order valence-electron chi connectivity index (χ3n) is 4.87. The molecule has 0 bridgehead atoms. The highest BCUT2D eigenvalue weighted by atomic mass is 16.5. The molecule has 8 nitrogen and oxygen atoms in total. The van der Waals surface area contributed by atoms with Gasteiger partial charge in [-0.1, -0.05) is 18.2 Å². The number of nitrogens with zero attached hydrogens (tertiary/aromatic N) is 2. The zero-order chi connectivity index (χ0) is 23.3. The van der Waals surface area contributed by atoms with Crippen molar-refractivity contribution in [3.8, 4) is 23.0 Å². The van der Waals surface area contributed by atoms with Gasteiger partial charge in [-0.15, -0.1) is 0 Å². The van der Waals surface area contributed by atoms with Crippen LogP contribution in [0.5, 0.6) is 23.0 Å². The van der Waals surface area contributed by atoms with Crippen LogP contribution >= 0.6 is 0 Å². The highest BCUT2D eigenvalue weighted by molar-refractivity contribution is 5.92. The average molecular weight is 452 g/mol. The Morgan fingerprint density at radius 3 is 2.32 bits per heavy atom. The van der Waals surface area contributed by atoms with Gasteiger partial charge in [0.1, 0.15) is 34.2 Å². The zero-order valence-electron chi connectivity index (χ0n) is 18.2. The Labute approximate surface area is 195 Å². The molecule has 0 aliphatic carbocycles. The second kappa shape index (κ2) is 9.33. The Morgan fingerprint density at radius 2 is 1.53 bits per heavy atom. The number of pyridine rings is 1. The van der Waals surface area contributed by atoms with Gasteiger partial charge in [-0.05, 0) is 54.6 Å². The minimum Gasteiger partial charge on any atom is -0.457 e. The van der Waals surface area contributed by atoms with Crippen molar-refractivity contribution in [1.29, 1.82) is 0 Å². The molecule has 2 aromatic heterocycles. The van der Waals surface area contributed by atoms with E-state index in [1.54, 1.807) is 37.4 Å². The van der Waals surface area contributed by atoms with Gasteiger partial charge < -0.3 is 24.5 Å². The molecule has 0 atom stereocenters. The molecule has 2 N–H and O–H groups in total. The van der Waals surface area contributed by atoms with Crippen molar-refractivity contribution in [2.45, 2.75) is 0 Å². The number of rotatable bonds is 7. The predicted octanol–water partition coefficient (Wildman–Crippen LogP) is 5.91. The number of carbonyl (C=O) groups excluding carboxylic acids is 1. The maximum atomic E-state index is 11.8. The van der Waals surface area contributed by atoms with Crippen LogP contribution in [0.4, 0.5) is 11.7 Å². The first kappa shape index (κ1) is 21.0. The SMILES string of the molecule is CNC(=O)c1cc(Oc2ccc3oc(Nc4ccc(Oc5ccccc5)cc4)nc3c2)ccn1. The Kier molecular flexibility index (Phi) is 5.77. The number of amides is 1. The number of anilines is 2. The van der Waals surface area contributed by atoms with E-state index in [-0.39, 0.29) is 11.6 Å². The minimum absolute atomic E-state index is 0.272. The Hall–Kier alpha value is -4.85. The molecule has 0 unspecified atom stereocenters. The number of para-hydroxylation sites is 1. The Balaban J connectivity index is 1.28. The third-order valence-corrected chi connectivity index (χ3v) is 4.87. The molecule has 3 aromatic carbocycles. The summed E-state index contributed by atoms with van der Waals surface area (Å²) >= 11 is 0. The van der Waals surface area contributed by atoms with E-state index >= 15 is 0 Å². The fourth-order valence-electron chi connectivity index (χ4n) is 3.24. The van der Waals surface area contributed by atoms with Crippen molar-refractivity contribution in [2.24, 2.45) is 0 Å². The highest BCUT2D eigenvalue weighted by Crippen LogP contribution is 2.29.